The number of benzene rings is 2. The van der Waals surface area contributed by atoms with E-state index in [2.05, 4.69) is 17.4 Å². The molecule has 2 aromatic rings. The van der Waals surface area contributed by atoms with E-state index in [9.17, 15) is 13.2 Å². The zero-order chi connectivity index (χ0) is 20.9. The number of halogens is 1. The predicted octanol–water partition coefficient (Wildman–Crippen LogP) is 3.88. The number of hydrogen-bond donors (Lipinski definition) is 1. The molecule has 0 aromatic heterocycles. The van der Waals surface area contributed by atoms with E-state index in [1.807, 2.05) is 25.1 Å². The number of amides is 1. The van der Waals surface area contributed by atoms with Gasteiger partial charge in [0.05, 0.1) is 10.8 Å². The van der Waals surface area contributed by atoms with Crippen LogP contribution in [0, 0.1) is 5.92 Å². The summed E-state index contributed by atoms with van der Waals surface area (Å²) in [5.74, 6) is -0.397. The summed E-state index contributed by atoms with van der Waals surface area (Å²) in [6.07, 6.45) is 3.10. The van der Waals surface area contributed by atoms with Crippen molar-refractivity contribution < 1.29 is 13.2 Å². The second-order valence-corrected chi connectivity index (χ2v) is 9.96. The molecule has 5 nitrogen and oxygen atoms in total. The molecule has 0 radical (unpaired) electrons. The summed E-state index contributed by atoms with van der Waals surface area (Å²) in [7, 11) is -3.63. The van der Waals surface area contributed by atoms with Crippen LogP contribution < -0.4 is 5.32 Å². The van der Waals surface area contributed by atoms with Crippen LogP contribution in [-0.2, 0) is 21.2 Å². The molecule has 1 heterocycles. The number of carbonyl (C=O) groups excluding carboxylic acids is 1. The van der Waals surface area contributed by atoms with Gasteiger partial charge in [-0.05, 0) is 62.4 Å². The second kappa shape index (κ2) is 9.74. The summed E-state index contributed by atoms with van der Waals surface area (Å²) in [5, 5.41) is 3.55. The zero-order valence-electron chi connectivity index (χ0n) is 16.6. The van der Waals surface area contributed by atoms with E-state index in [0.717, 1.165) is 12.8 Å². The average molecular weight is 435 g/mol. The monoisotopic (exact) mass is 434 g/mol. The van der Waals surface area contributed by atoms with Crippen LogP contribution in [0.3, 0.4) is 0 Å². The largest absolute Gasteiger partial charge is 0.353 e. The summed E-state index contributed by atoms with van der Waals surface area (Å²) >= 11 is 5.86. The molecular weight excluding hydrogens is 408 g/mol. The average Bonchev–Trinajstić information content (AvgIpc) is 2.73. The molecule has 0 unspecified atom stereocenters. The molecule has 1 aliphatic heterocycles. The van der Waals surface area contributed by atoms with Crippen molar-refractivity contribution in [3.63, 3.8) is 0 Å². The van der Waals surface area contributed by atoms with Gasteiger partial charge in [0, 0.05) is 24.2 Å². The van der Waals surface area contributed by atoms with E-state index in [0.29, 0.717) is 24.4 Å². The normalized spacial score (nSPS) is 18.9. The van der Waals surface area contributed by atoms with E-state index >= 15 is 0 Å². The summed E-state index contributed by atoms with van der Waals surface area (Å²) in [4.78, 5) is 12.9. The topological polar surface area (TPSA) is 66.5 Å². The van der Waals surface area contributed by atoms with E-state index in [1.54, 1.807) is 12.1 Å². The zero-order valence-corrected chi connectivity index (χ0v) is 18.1. The van der Waals surface area contributed by atoms with Gasteiger partial charge in [0.15, 0.2) is 0 Å². The molecule has 2 atom stereocenters. The Balaban J connectivity index is 1.56. The third-order valence-corrected chi connectivity index (χ3v) is 7.44. The highest BCUT2D eigenvalue weighted by Gasteiger charge is 2.33. The first-order chi connectivity index (χ1) is 13.9. The molecule has 1 amide bonds. The maximum atomic E-state index is 12.9. The van der Waals surface area contributed by atoms with Gasteiger partial charge in [-0.1, -0.05) is 41.9 Å². The highest BCUT2D eigenvalue weighted by Crippen LogP contribution is 2.25. The van der Waals surface area contributed by atoms with Gasteiger partial charge >= 0.3 is 0 Å². The third kappa shape index (κ3) is 5.81. The molecule has 2 aromatic carbocycles. The Labute approximate surface area is 178 Å². The number of piperidine rings is 1. The fourth-order valence-corrected chi connectivity index (χ4v) is 5.24. The predicted molar refractivity (Wildman–Crippen MR) is 115 cm³/mol. The first-order valence-electron chi connectivity index (χ1n) is 9.96. The third-order valence-electron chi connectivity index (χ3n) is 5.30. The molecule has 7 heteroatoms. The summed E-state index contributed by atoms with van der Waals surface area (Å²) < 4.78 is 27.2. The maximum absolute atomic E-state index is 12.9. The van der Waals surface area contributed by atoms with Crippen LogP contribution in [0.15, 0.2) is 59.5 Å². The van der Waals surface area contributed by atoms with Gasteiger partial charge in [-0.3, -0.25) is 4.79 Å². The lowest BCUT2D eigenvalue weighted by atomic mass is 9.98. The smallest absolute Gasteiger partial charge is 0.243 e. The van der Waals surface area contributed by atoms with Crippen molar-refractivity contribution in [2.24, 2.45) is 5.92 Å². The van der Waals surface area contributed by atoms with Crippen molar-refractivity contribution in [3.05, 3.63) is 65.2 Å². The van der Waals surface area contributed by atoms with Gasteiger partial charge in [0.1, 0.15) is 0 Å². The first-order valence-corrected chi connectivity index (χ1v) is 11.8. The Kier molecular flexibility index (Phi) is 7.33. The second-order valence-electron chi connectivity index (χ2n) is 7.59. The SMILES string of the molecule is C[C@H](CCc1ccccc1)NC(=O)[C@@H]1CCCN(S(=O)(=O)c2ccc(Cl)cc2)C1. The first kappa shape index (κ1) is 21.8. The molecule has 29 heavy (non-hydrogen) atoms. The molecule has 156 valence electrons. The number of rotatable bonds is 7. The van der Waals surface area contributed by atoms with Crippen molar-refractivity contribution in [2.75, 3.05) is 13.1 Å². The Hall–Kier alpha value is -1.89. The van der Waals surface area contributed by atoms with Crippen LogP contribution in [0.5, 0.6) is 0 Å². The van der Waals surface area contributed by atoms with Gasteiger partial charge < -0.3 is 5.32 Å². The molecule has 1 N–H and O–H groups in total. The number of nitrogens with one attached hydrogen (secondary N) is 1. The fraction of sp³-hybridized carbons (Fsp3) is 0.409. The van der Waals surface area contributed by atoms with Crippen molar-refractivity contribution in [3.8, 4) is 0 Å². The van der Waals surface area contributed by atoms with E-state index < -0.39 is 10.0 Å². The Morgan fingerprint density at radius 2 is 1.86 bits per heavy atom. The number of sulfonamides is 1. The standard InChI is InChI=1S/C22H27ClN2O3S/c1-17(9-10-18-6-3-2-4-7-18)24-22(26)19-8-5-15-25(16-19)29(27,28)21-13-11-20(23)12-14-21/h2-4,6-7,11-14,17,19H,5,8-10,15-16H2,1H3,(H,24,26)/t17-,19-/m1/s1. The molecule has 1 fully saturated rings. The van der Waals surface area contributed by atoms with Crippen molar-refractivity contribution in [1.29, 1.82) is 0 Å². The van der Waals surface area contributed by atoms with Gasteiger partial charge in [-0.25, -0.2) is 8.42 Å². The van der Waals surface area contributed by atoms with Crippen LogP contribution in [0.2, 0.25) is 5.02 Å². The van der Waals surface area contributed by atoms with E-state index in [4.69, 9.17) is 11.6 Å². The minimum absolute atomic E-state index is 0.0333. The minimum atomic E-state index is -3.63. The summed E-state index contributed by atoms with van der Waals surface area (Å²) in [6.45, 7) is 2.63. The fourth-order valence-electron chi connectivity index (χ4n) is 3.59. The molecule has 1 saturated heterocycles. The lowest BCUT2D eigenvalue weighted by molar-refractivity contribution is -0.126. The lowest BCUT2D eigenvalue weighted by Crippen LogP contribution is -2.47. The number of carbonyl (C=O) groups is 1. The van der Waals surface area contributed by atoms with E-state index in [-0.39, 0.29) is 29.3 Å². The van der Waals surface area contributed by atoms with Crippen LogP contribution in [0.4, 0.5) is 0 Å². The van der Waals surface area contributed by atoms with Gasteiger partial charge in [0.2, 0.25) is 15.9 Å². The van der Waals surface area contributed by atoms with Crippen LogP contribution in [0.1, 0.15) is 31.7 Å². The molecule has 0 saturated carbocycles. The number of hydrogen-bond acceptors (Lipinski definition) is 3. The Bertz CT molecular complexity index is 917. The minimum Gasteiger partial charge on any atom is -0.353 e. The van der Waals surface area contributed by atoms with Gasteiger partial charge in [0.25, 0.3) is 0 Å². The van der Waals surface area contributed by atoms with E-state index in [1.165, 1.54) is 22.0 Å². The van der Waals surface area contributed by atoms with Crippen LogP contribution >= 0.6 is 11.6 Å². The Morgan fingerprint density at radius 3 is 2.55 bits per heavy atom. The van der Waals surface area contributed by atoms with Crippen molar-refractivity contribution in [2.45, 2.75) is 43.5 Å². The summed E-state index contributed by atoms with van der Waals surface area (Å²) in [6, 6.07) is 16.3. The van der Waals surface area contributed by atoms with Crippen LogP contribution in [-0.4, -0.2) is 37.8 Å². The van der Waals surface area contributed by atoms with Gasteiger partial charge in [-0.2, -0.15) is 4.31 Å². The van der Waals surface area contributed by atoms with Gasteiger partial charge in [-0.15, -0.1) is 0 Å². The molecule has 0 aliphatic carbocycles. The molecule has 0 spiro atoms. The lowest BCUT2D eigenvalue weighted by Gasteiger charge is -2.32. The van der Waals surface area contributed by atoms with Crippen LogP contribution in [0.25, 0.3) is 0 Å². The quantitative estimate of drug-likeness (QED) is 0.719. The number of aryl methyl sites for hydroxylation is 1. The highest BCUT2D eigenvalue weighted by atomic mass is 35.5. The maximum Gasteiger partial charge on any atom is 0.243 e. The molecular formula is C22H27ClN2O3S. The highest BCUT2D eigenvalue weighted by molar-refractivity contribution is 7.89. The van der Waals surface area contributed by atoms with Crippen molar-refractivity contribution in [1.82, 2.24) is 9.62 Å². The Morgan fingerprint density at radius 1 is 1.17 bits per heavy atom. The van der Waals surface area contributed by atoms with Crippen molar-refractivity contribution >= 4 is 27.5 Å². The number of nitrogens with zero attached hydrogens (tertiary/aromatic N) is 1. The molecule has 3 rings (SSSR count). The summed E-state index contributed by atoms with van der Waals surface area (Å²) in [5.41, 5.74) is 1.24. The molecule has 0 bridgehead atoms. The molecule has 1 aliphatic rings.